The molecular formula is C19H23NO10S. The third kappa shape index (κ3) is 5.85. The van der Waals surface area contributed by atoms with E-state index in [0.29, 0.717) is 17.1 Å². The molecule has 1 saturated heterocycles. The summed E-state index contributed by atoms with van der Waals surface area (Å²) in [6, 6.07) is 3.90. The molecule has 2 aliphatic rings. The number of Topliss-reactive ketones (excluding diaryl/α,β-unsaturated/α-hetero) is 1. The van der Waals surface area contributed by atoms with Gasteiger partial charge in [0, 0.05) is 12.6 Å². The minimum Gasteiger partial charge on any atom is -0.454 e. The van der Waals surface area contributed by atoms with Crippen LogP contribution >= 0.6 is 0 Å². The second kappa shape index (κ2) is 9.52. The summed E-state index contributed by atoms with van der Waals surface area (Å²) in [7, 11) is -1.60. The Kier molecular flexibility index (Phi) is 7.01. The first-order valence-corrected chi connectivity index (χ1v) is 11.3. The van der Waals surface area contributed by atoms with Gasteiger partial charge in [0.1, 0.15) is 0 Å². The van der Waals surface area contributed by atoms with Crippen LogP contribution in [-0.4, -0.2) is 82.1 Å². The van der Waals surface area contributed by atoms with E-state index < -0.39 is 40.8 Å². The number of likely N-dealkylation sites (N-methyl/N-ethyl adjacent to an activating group) is 1. The maximum absolute atomic E-state index is 12.6. The number of ketones is 1. The van der Waals surface area contributed by atoms with Gasteiger partial charge < -0.3 is 28.6 Å². The molecule has 170 valence electrons. The van der Waals surface area contributed by atoms with Gasteiger partial charge in [-0.1, -0.05) is 0 Å². The Balaban J connectivity index is 1.36. The van der Waals surface area contributed by atoms with Gasteiger partial charge in [-0.15, -0.1) is 0 Å². The molecule has 11 nitrogen and oxygen atoms in total. The van der Waals surface area contributed by atoms with Gasteiger partial charge in [-0.2, -0.15) is 0 Å². The summed E-state index contributed by atoms with van der Waals surface area (Å²) in [4.78, 5) is 37.5. The molecule has 1 unspecified atom stereocenters. The summed E-state index contributed by atoms with van der Waals surface area (Å²) < 4.78 is 47.4. The highest BCUT2D eigenvalue weighted by Gasteiger charge is 2.34. The van der Waals surface area contributed by atoms with Crippen LogP contribution in [-0.2, 0) is 28.8 Å². The predicted molar refractivity (Wildman–Crippen MR) is 105 cm³/mol. The van der Waals surface area contributed by atoms with Crippen molar-refractivity contribution in [1.29, 1.82) is 0 Å². The molecule has 0 spiro atoms. The maximum Gasteiger partial charge on any atom is 0.413 e. The molecule has 1 aromatic carbocycles. The fourth-order valence-corrected chi connectivity index (χ4v) is 4.10. The Morgan fingerprint density at radius 1 is 1.16 bits per heavy atom. The number of ether oxygens (including phenoxy) is 5. The Morgan fingerprint density at radius 3 is 2.58 bits per heavy atom. The zero-order valence-electron chi connectivity index (χ0n) is 17.1. The average Bonchev–Trinajstić information content (AvgIpc) is 3.18. The molecule has 1 amide bonds. The van der Waals surface area contributed by atoms with Gasteiger partial charge in [-0.3, -0.25) is 9.59 Å². The Bertz CT molecular complexity index is 948. The number of esters is 1. The summed E-state index contributed by atoms with van der Waals surface area (Å²) in [6.45, 7) is 1.01. The van der Waals surface area contributed by atoms with Crippen LogP contribution in [0, 0.1) is 0 Å². The molecule has 1 fully saturated rings. The van der Waals surface area contributed by atoms with Crippen LogP contribution in [0.3, 0.4) is 0 Å². The van der Waals surface area contributed by atoms with Gasteiger partial charge in [0.15, 0.2) is 27.1 Å². The summed E-state index contributed by atoms with van der Waals surface area (Å²) in [5.74, 6) is -0.0864. The number of nitrogens with zero attached hydrogens (tertiary/aromatic N) is 1. The maximum atomic E-state index is 12.6. The second-order valence-electron chi connectivity index (χ2n) is 7.08. The molecule has 1 atom stereocenters. The molecule has 0 bridgehead atoms. The molecule has 2 aliphatic heterocycles. The number of benzene rings is 1. The van der Waals surface area contributed by atoms with Crippen LogP contribution in [0.1, 0.15) is 23.7 Å². The van der Waals surface area contributed by atoms with Gasteiger partial charge in [0.05, 0.1) is 36.7 Å². The standard InChI is InChI=1S/C19H23NO10S/c1-12(18(22)13-3-4-15-16(7-13)28-10-27-15)20(2)19(23)30-11-29-17(21)5-6-26-14-8-31(24,25)9-14/h3-4,7,12,14H,5-6,8-11H2,1-2H3. The van der Waals surface area contributed by atoms with E-state index in [1.165, 1.54) is 14.0 Å². The van der Waals surface area contributed by atoms with Crippen molar-refractivity contribution in [3.8, 4) is 11.5 Å². The fourth-order valence-electron chi connectivity index (χ4n) is 2.87. The quantitative estimate of drug-likeness (QED) is 0.297. The van der Waals surface area contributed by atoms with Crippen LogP contribution in [0.4, 0.5) is 4.79 Å². The minimum atomic E-state index is -2.99. The van der Waals surface area contributed by atoms with Crippen LogP contribution in [0.15, 0.2) is 18.2 Å². The number of fused-ring (bicyclic) bond motifs is 1. The summed E-state index contributed by atoms with van der Waals surface area (Å²) in [5, 5.41) is 0. The first kappa shape index (κ1) is 22.8. The lowest BCUT2D eigenvalue weighted by Gasteiger charge is -2.25. The SMILES string of the molecule is CC(C(=O)c1ccc2c(c1)OCO2)N(C)C(=O)OCOC(=O)CCOC1CS(=O)(=O)C1. The first-order chi connectivity index (χ1) is 14.7. The molecule has 31 heavy (non-hydrogen) atoms. The predicted octanol–water partition coefficient (Wildman–Crippen LogP) is 0.759. The van der Waals surface area contributed by atoms with E-state index in [1.54, 1.807) is 18.2 Å². The number of rotatable bonds is 9. The molecule has 3 rings (SSSR count). The van der Waals surface area contributed by atoms with Crippen molar-refractivity contribution in [2.24, 2.45) is 0 Å². The van der Waals surface area contributed by atoms with E-state index in [-0.39, 0.29) is 37.1 Å². The van der Waals surface area contributed by atoms with Gasteiger partial charge in [0.2, 0.25) is 13.6 Å². The van der Waals surface area contributed by atoms with E-state index in [0.717, 1.165) is 4.90 Å². The molecule has 0 N–H and O–H groups in total. The summed E-state index contributed by atoms with van der Waals surface area (Å²) >= 11 is 0. The second-order valence-corrected chi connectivity index (χ2v) is 9.24. The van der Waals surface area contributed by atoms with E-state index in [1.807, 2.05) is 0 Å². The smallest absolute Gasteiger partial charge is 0.413 e. The highest BCUT2D eigenvalue weighted by Crippen LogP contribution is 2.33. The summed E-state index contributed by atoms with van der Waals surface area (Å²) in [6.07, 6.45) is -1.35. The molecule has 12 heteroatoms. The van der Waals surface area contributed by atoms with Crippen LogP contribution in [0.2, 0.25) is 0 Å². The van der Waals surface area contributed by atoms with E-state index >= 15 is 0 Å². The number of amides is 1. The highest BCUT2D eigenvalue weighted by molar-refractivity contribution is 7.92. The number of carbonyl (C=O) groups excluding carboxylic acids is 3. The van der Waals surface area contributed by atoms with Crippen molar-refractivity contribution in [2.45, 2.75) is 25.5 Å². The van der Waals surface area contributed by atoms with Gasteiger partial charge in [0.25, 0.3) is 0 Å². The fraction of sp³-hybridized carbons (Fsp3) is 0.526. The van der Waals surface area contributed by atoms with Crippen molar-refractivity contribution in [3.05, 3.63) is 23.8 Å². The van der Waals surface area contributed by atoms with Crippen LogP contribution in [0.5, 0.6) is 11.5 Å². The van der Waals surface area contributed by atoms with Gasteiger partial charge in [-0.25, -0.2) is 13.2 Å². The van der Waals surface area contributed by atoms with E-state index in [2.05, 4.69) is 0 Å². The zero-order valence-corrected chi connectivity index (χ0v) is 17.9. The van der Waals surface area contributed by atoms with Crippen LogP contribution < -0.4 is 9.47 Å². The molecule has 0 saturated carbocycles. The van der Waals surface area contributed by atoms with Crippen molar-refractivity contribution < 1.29 is 46.5 Å². The number of hydrogen-bond donors (Lipinski definition) is 0. The van der Waals surface area contributed by atoms with Crippen molar-refractivity contribution in [3.63, 3.8) is 0 Å². The average molecular weight is 457 g/mol. The topological polar surface area (TPSA) is 135 Å². The highest BCUT2D eigenvalue weighted by atomic mass is 32.2. The van der Waals surface area contributed by atoms with Crippen molar-refractivity contribution >= 4 is 27.7 Å². The number of carbonyl (C=O) groups is 3. The Labute approximate surface area is 179 Å². The molecule has 0 aromatic heterocycles. The van der Waals surface area contributed by atoms with Crippen molar-refractivity contribution in [1.82, 2.24) is 4.90 Å². The van der Waals surface area contributed by atoms with E-state index in [9.17, 15) is 22.8 Å². The molecule has 0 radical (unpaired) electrons. The largest absolute Gasteiger partial charge is 0.454 e. The number of sulfone groups is 1. The number of hydrogen-bond acceptors (Lipinski definition) is 10. The van der Waals surface area contributed by atoms with E-state index in [4.69, 9.17) is 23.7 Å². The van der Waals surface area contributed by atoms with Crippen molar-refractivity contribution in [2.75, 3.05) is 38.7 Å². The van der Waals surface area contributed by atoms with Gasteiger partial charge >= 0.3 is 12.1 Å². The Morgan fingerprint density at radius 2 is 1.87 bits per heavy atom. The first-order valence-electron chi connectivity index (χ1n) is 9.47. The zero-order chi connectivity index (χ0) is 22.6. The third-order valence-corrected chi connectivity index (χ3v) is 6.61. The monoisotopic (exact) mass is 457 g/mol. The van der Waals surface area contributed by atoms with Crippen LogP contribution in [0.25, 0.3) is 0 Å². The minimum absolute atomic E-state index is 0.00787. The molecule has 2 heterocycles. The lowest BCUT2D eigenvalue weighted by Crippen LogP contribution is -2.43. The Hall–Kier alpha value is -2.86. The lowest BCUT2D eigenvalue weighted by atomic mass is 10.0. The summed E-state index contributed by atoms with van der Waals surface area (Å²) in [5.41, 5.74) is 0.349. The van der Waals surface area contributed by atoms with Gasteiger partial charge in [-0.05, 0) is 25.1 Å². The normalized spacial score (nSPS) is 17.4. The molecule has 0 aliphatic carbocycles. The molecular weight excluding hydrogens is 434 g/mol. The third-order valence-electron chi connectivity index (χ3n) is 4.85. The molecule has 1 aromatic rings. The lowest BCUT2D eigenvalue weighted by molar-refractivity contribution is -0.153.